The zero-order chi connectivity index (χ0) is 19.0. The summed E-state index contributed by atoms with van der Waals surface area (Å²) >= 11 is 0. The van der Waals surface area contributed by atoms with Gasteiger partial charge in [-0.25, -0.2) is 8.42 Å². The fourth-order valence-corrected chi connectivity index (χ4v) is 4.33. The van der Waals surface area contributed by atoms with Gasteiger partial charge < -0.3 is 9.66 Å². The number of unbranched alkanes of at least 4 members (excludes halogenated alkanes) is 13. The average molecular weight is 417 g/mol. The average Bonchev–Trinajstić information content (AvgIpc) is 2.54. The molecule has 0 bridgehead atoms. The van der Waals surface area contributed by atoms with Crippen molar-refractivity contribution in [1.82, 2.24) is 0 Å². The Bertz CT molecular complexity index is 387. The van der Waals surface area contributed by atoms with Crippen molar-refractivity contribution >= 4 is 10.1 Å². The molecule has 6 heteroatoms. The summed E-state index contributed by atoms with van der Waals surface area (Å²) in [6.07, 6.45) is 17.3. The van der Waals surface area contributed by atoms with Crippen LogP contribution in [0, 0.1) is 0 Å². The predicted octanol–water partition coefficient (Wildman–Crippen LogP) is 2.55. The van der Waals surface area contributed by atoms with Crippen LogP contribution >= 0.6 is 0 Å². The van der Waals surface area contributed by atoms with E-state index in [2.05, 4.69) is 6.92 Å². The molecule has 2 atom stereocenters. The monoisotopic (exact) mass is 416 g/mol. The van der Waals surface area contributed by atoms with E-state index in [1.54, 1.807) is 6.92 Å². The van der Waals surface area contributed by atoms with E-state index < -0.39 is 21.5 Å². The summed E-state index contributed by atoms with van der Waals surface area (Å²) in [7, 11) is -4.38. The minimum atomic E-state index is -4.38. The van der Waals surface area contributed by atoms with E-state index in [9.17, 15) is 18.1 Å². The van der Waals surface area contributed by atoms with Gasteiger partial charge in [0, 0.05) is 0 Å². The molecule has 0 aromatic carbocycles. The maximum Gasteiger partial charge on any atom is 1.00 e. The van der Waals surface area contributed by atoms with Crippen LogP contribution in [0.2, 0.25) is 0 Å². The molecule has 0 rings (SSSR count). The SMILES string of the molecule is CCCCCCCCCCCCCCCCC(O)C(CC)S(=O)(=O)[O-].[K+]. The Balaban J connectivity index is 0. The third kappa shape index (κ3) is 17.6. The van der Waals surface area contributed by atoms with E-state index in [0.717, 1.165) is 19.3 Å². The van der Waals surface area contributed by atoms with Crippen LogP contribution in [-0.4, -0.2) is 29.4 Å². The van der Waals surface area contributed by atoms with Crippen molar-refractivity contribution < 1.29 is 69.5 Å². The van der Waals surface area contributed by atoms with Gasteiger partial charge in [0.25, 0.3) is 0 Å². The second-order valence-electron chi connectivity index (χ2n) is 7.39. The number of hydrogen-bond donors (Lipinski definition) is 1. The Kier molecular flexibility index (Phi) is 22.6. The molecule has 0 aliphatic rings. The molecule has 4 nitrogen and oxygen atoms in total. The van der Waals surface area contributed by atoms with Gasteiger partial charge in [-0.2, -0.15) is 0 Å². The molecule has 0 aromatic rings. The molecule has 152 valence electrons. The molecule has 0 fully saturated rings. The molecule has 0 spiro atoms. The molecule has 0 amide bonds. The molecular weight excluding hydrogens is 375 g/mol. The van der Waals surface area contributed by atoms with Crippen molar-refractivity contribution in [3.63, 3.8) is 0 Å². The van der Waals surface area contributed by atoms with Gasteiger partial charge in [0.1, 0.15) is 10.1 Å². The molecule has 26 heavy (non-hydrogen) atoms. The maximum absolute atomic E-state index is 11.0. The van der Waals surface area contributed by atoms with Gasteiger partial charge in [-0.15, -0.1) is 0 Å². The van der Waals surface area contributed by atoms with E-state index >= 15 is 0 Å². The minimum absolute atomic E-state index is 0. The van der Waals surface area contributed by atoms with E-state index in [4.69, 9.17) is 0 Å². The van der Waals surface area contributed by atoms with Crippen molar-refractivity contribution in [3.8, 4) is 0 Å². The Labute approximate surface area is 205 Å². The number of hydrogen-bond acceptors (Lipinski definition) is 4. The number of rotatable bonds is 18. The standard InChI is InChI=1S/C20H42O4S.K/c1-3-5-6-7-8-9-10-11-12-13-14-15-16-17-18-19(21)20(4-2)25(22,23)24;/h19-21H,3-18H2,1-2H3,(H,22,23,24);/q;+1/p-1. The summed E-state index contributed by atoms with van der Waals surface area (Å²) in [5.41, 5.74) is 0. The van der Waals surface area contributed by atoms with Crippen molar-refractivity contribution in [2.45, 2.75) is 128 Å². The molecule has 0 heterocycles. The van der Waals surface area contributed by atoms with Crippen LogP contribution in [0.25, 0.3) is 0 Å². The molecule has 0 aliphatic heterocycles. The molecule has 2 unspecified atom stereocenters. The van der Waals surface area contributed by atoms with Crippen molar-refractivity contribution in [1.29, 1.82) is 0 Å². The summed E-state index contributed by atoms with van der Waals surface area (Å²) < 4.78 is 33.1. The normalized spacial score (nSPS) is 14.0. The van der Waals surface area contributed by atoms with Gasteiger partial charge in [0.05, 0.1) is 11.4 Å². The summed E-state index contributed by atoms with van der Waals surface area (Å²) in [5, 5.41) is 8.71. The zero-order valence-electron chi connectivity index (χ0n) is 17.5. The topological polar surface area (TPSA) is 77.4 Å². The molecule has 0 radical (unpaired) electrons. The van der Waals surface area contributed by atoms with Crippen LogP contribution in [-0.2, 0) is 10.1 Å². The summed E-state index contributed by atoms with van der Waals surface area (Å²) in [5.74, 6) is 0. The van der Waals surface area contributed by atoms with Crippen LogP contribution in [0.4, 0.5) is 0 Å². The van der Waals surface area contributed by atoms with E-state index in [1.807, 2.05) is 0 Å². The van der Waals surface area contributed by atoms with E-state index in [-0.39, 0.29) is 57.8 Å². The maximum atomic E-state index is 11.0. The summed E-state index contributed by atoms with van der Waals surface area (Å²) in [6.45, 7) is 3.88. The first-order valence-corrected chi connectivity index (χ1v) is 12.0. The first-order chi connectivity index (χ1) is 11.9. The van der Waals surface area contributed by atoms with Gasteiger partial charge >= 0.3 is 51.4 Å². The van der Waals surface area contributed by atoms with Crippen LogP contribution in [0.3, 0.4) is 0 Å². The first-order valence-electron chi connectivity index (χ1n) is 10.6. The summed E-state index contributed by atoms with van der Waals surface area (Å²) in [6, 6.07) is 0. The number of aliphatic hydroxyl groups is 1. The van der Waals surface area contributed by atoms with Crippen molar-refractivity contribution in [2.24, 2.45) is 0 Å². The first kappa shape index (κ1) is 29.7. The Morgan fingerprint density at radius 1 is 0.731 bits per heavy atom. The predicted molar refractivity (Wildman–Crippen MR) is 105 cm³/mol. The van der Waals surface area contributed by atoms with Gasteiger partial charge in [0.15, 0.2) is 0 Å². The molecule has 1 N–H and O–H groups in total. The smallest absolute Gasteiger partial charge is 0.748 e. The van der Waals surface area contributed by atoms with Crippen molar-refractivity contribution in [2.75, 3.05) is 0 Å². The van der Waals surface area contributed by atoms with Crippen LogP contribution in [0.5, 0.6) is 0 Å². The second kappa shape index (κ2) is 19.8. The Morgan fingerprint density at radius 2 is 1.08 bits per heavy atom. The number of aliphatic hydroxyl groups excluding tert-OH is 1. The van der Waals surface area contributed by atoms with Gasteiger partial charge in [-0.05, 0) is 12.8 Å². The largest absolute Gasteiger partial charge is 1.00 e. The van der Waals surface area contributed by atoms with E-state index in [1.165, 1.54) is 70.6 Å². The fraction of sp³-hybridized carbons (Fsp3) is 1.00. The molecule has 0 saturated carbocycles. The Morgan fingerprint density at radius 3 is 1.38 bits per heavy atom. The minimum Gasteiger partial charge on any atom is -0.748 e. The third-order valence-electron chi connectivity index (χ3n) is 5.06. The molecule has 0 aliphatic carbocycles. The third-order valence-corrected chi connectivity index (χ3v) is 6.44. The zero-order valence-corrected chi connectivity index (χ0v) is 21.5. The second-order valence-corrected chi connectivity index (χ2v) is 8.98. The van der Waals surface area contributed by atoms with E-state index in [0.29, 0.717) is 6.42 Å². The Hall–Kier alpha value is 1.51. The molecule has 0 aromatic heterocycles. The van der Waals surface area contributed by atoms with Crippen LogP contribution in [0.15, 0.2) is 0 Å². The van der Waals surface area contributed by atoms with Crippen molar-refractivity contribution in [3.05, 3.63) is 0 Å². The van der Waals surface area contributed by atoms with Gasteiger partial charge in [-0.1, -0.05) is 104 Å². The molecular formula is C20H41KO4S. The quantitative estimate of drug-likeness (QED) is 0.212. The van der Waals surface area contributed by atoms with Gasteiger partial charge in [-0.3, -0.25) is 0 Å². The molecule has 0 saturated heterocycles. The van der Waals surface area contributed by atoms with Gasteiger partial charge in [0.2, 0.25) is 0 Å². The van der Waals surface area contributed by atoms with Crippen LogP contribution < -0.4 is 51.4 Å². The summed E-state index contributed by atoms with van der Waals surface area (Å²) in [4.78, 5) is 0. The fourth-order valence-electron chi connectivity index (χ4n) is 3.40. The van der Waals surface area contributed by atoms with Crippen LogP contribution in [0.1, 0.15) is 117 Å².